The van der Waals surface area contributed by atoms with Crippen LogP contribution in [0, 0.1) is 0 Å². The Balaban J connectivity index is 1.96. The van der Waals surface area contributed by atoms with Crippen LogP contribution in [0.1, 0.15) is 35.3 Å². The fraction of sp³-hybridized carbons (Fsp3) is 0.357. The summed E-state index contributed by atoms with van der Waals surface area (Å²) in [5.41, 5.74) is 1.29. The number of thiazole rings is 1. The normalized spacial score (nSPS) is 12.6. The highest BCUT2D eigenvalue weighted by Gasteiger charge is 2.08. The van der Waals surface area contributed by atoms with Gasteiger partial charge in [0, 0.05) is 28.1 Å². The summed E-state index contributed by atoms with van der Waals surface area (Å²) >= 11 is 5.38. The highest BCUT2D eigenvalue weighted by Crippen LogP contribution is 2.23. The second-order valence-corrected chi connectivity index (χ2v) is 6.25. The second kappa shape index (κ2) is 6.45. The molecule has 1 N–H and O–H groups in total. The molecule has 96 valence electrons. The Morgan fingerprint density at radius 3 is 2.83 bits per heavy atom. The molecule has 0 aliphatic heterocycles. The lowest BCUT2D eigenvalue weighted by molar-refractivity contribution is 0.576. The zero-order valence-electron chi connectivity index (χ0n) is 10.6. The highest BCUT2D eigenvalue weighted by atomic mass is 79.9. The van der Waals surface area contributed by atoms with E-state index in [0.29, 0.717) is 6.04 Å². The minimum absolute atomic E-state index is 0.327. The van der Waals surface area contributed by atoms with Crippen molar-refractivity contribution in [3.63, 3.8) is 0 Å². The Bertz CT molecular complexity index is 510. The molecule has 0 spiro atoms. The van der Waals surface area contributed by atoms with E-state index < -0.39 is 0 Å². The predicted molar refractivity (Wildman–Crippen MR) is 80.9 cm³/mol. The van der Waals surface area contributed by atoms with Gasteiger partial charge in [0.1, 0.15) is 0 Å². The summed E-state index contributed by atoms with van der Waals surface area (Å²) in [6.07, 6.45) is 2.99. The third-order valence-corrected chi connectivity index (χ3v) is 4.72. The third kappa shape index (κ3) is 3.40. The van der Waals surface area contributed by atoms with Crippen molar-refractivity contribution in [3.8, 4) is 0 Å². The van der Waals surface area contributed by atoms with Gasteiger partial charge < -0.3 is 5.32 Å². The summed E-state index contributed by atoms with van der Waals surface area (Å²) in [5.74, 6) is 0. The smallest absolute Gasteiger partial charge is 0.0925 e. The number of aryl methyl sites for hydroxylation is 1. The topological polar surface area (TPSA) is 24.9 Å². The van der Waals surface area contributed by atoms with E-state index in [0.717, 1.165) is 17.4 Å². The number of rotatable bonds is 5. The number of nitrogens with zero attached hydrogens (tertiary/aromatic N) is 1. The van der Waals surface area contributed by atoms with Gasteiger partial charge in [-0.1, -0.05) is 41.1 Å². The van der Waals surface area contributed by atoms with E-state index in [4.69, 9.17) is 0 Å². The molecule has 1 atom stereocenters. The fourth-order valence-corrected chi connectivity index (χ4v) is 3.22. The first-order valence-corrected chi connectivity index (χ1v) is 7.73. The molecule has 4 heteroatoms. The molecule has 0 saturated carbocycles. The van der Waals surface area contributed by atoms with Crippen molar-refractivity contribution in [2.24, 2.45) is 0 Å². The standard InChI is InChI=1S/C14H17BrN2S/c1-3-14-17-9-11(18-14)8-16-10(2)12-6-4-5-7-13(12)15/h4-7,9-10,16H,3,8H2,1-2H3/t10-/m1/s1. The van der Waals surface area contributed by atoms with E-state index in [1.807, 2.05) is 12.3 Å². The van der Waals surface area contributed by atoms with Gasteiger partial charge in [-0.3, -0.25) is 0 Å². The second-order valence-electron chi connectivity index (χ2n) is 4.20. The van der Waals surface area contributed by atoms with Crippen LogP contribution in [0.5, 0.6) is 0 Å². The molecule has 1 aromatic carbocycles. The molecule has 0 saturated heterocycles. The average molecular weight is 325 g/mol. The van der Waals surface area contributed by atoms with Gasteiger partial charge in [-0.15, -0.1) is 11.3 Å². The van der Waals surface area contributed by atoms with Gasteiger partial charge in [-0.2, -0.15) is 0 Å². The van der Waals surface area contributed by atoms with Crippen LogP contribution in [0.4, 0.5) is 0 Å². The maximum atomic E-state index is 4.37. The molecule has 2 nitrogen and oxygen atoms in total. The van der Waals surface area contributed by atoms with E-state index in [9.17, 15) is 0 Å². The summed E-state index contributed by atoms with van der Waals surface area (Å²) < 4.78 is 1.16. The Morgan fingerprint density at radius 2 is 2.17 bits per heavy atom. The minimum Gasteiger partial charge on any atom is -0.305 e. The molecular formula is C14H17BrN2S. The first-order chi connectivity index (χ1) is 8.70. The molecule has 18 heavy (non-hydrogen) atoms. The number of aromatic nitrogens is 1. The number of hydrogen-bond donors (Lipinski definition) is 1. The van der Waals surface area contributed by atoms with Crippen molar-refractivity contribution >= 4 is 27.3 Å². The van der Waals surface area contributed by atoms with Crippen LogP contribution >= 0.6 is 27.3 Å². The monoisotopic (exact) mass is 324 g/mol. The Labute approximate surface area is 121 Å². The summed E-state index contributed by atoms with van der Waals surface area (Å²) in [4.78, 5) is 5.67. The molecule has 1 aromatic heterocycles. The quantitative estimate of drug-likeness (QED) is 0.886. The lowest BCUT2D eigenvalue weighted by atomic mass is 10.1. The molecule has 2 rings (SSSR count). The maximum Gasteiger partial charge on any atom is 0.0925 e. The number of nitrogens with one attached hydrogen (secondary N) is 1. The van der Waals surface area contributed by atoms with Gasteiger partial charge in [0.05, 0.1) is 5.01 Å². The van der Waals surface area contributed by atoms with Crippen LogP contribution in [0.15, 0.2) is 34.9 Å². The molecule has 0 fully saturated rings. The number of benzene rings is 1. The molecule has 0 aliphatic rings. The summed E-state index contributed by atoms with van der Waals surface area (Å²) in [6, 6.07) is 8.66. The van der Waals surface area contributed by atoms with Crippen molar-refractivity contribution < 1.29 is 0 Å². The van der Waals surface area contributed by atoms with Crippen molar-refractivity contribution in [1.29, 1.82) is 0 Å². The Hall–Kier alpha value is -0.710. The van der Waals surface area contributed by atoms with Crippen molar-refractivity contribution in [2.45, 2.75) is 32.9 Å². The van der Waals surface area contributed by atoms with Crippen molar-refractivity contribution in [1.82, 2.24) is 10.3 Å². The highest BCUT2D eigenvalue weighted by molar-refractivity contribution is 9.10. The van der Waals surface area contributed by atoms with Crippen LogP contribution in [0.25, 0.3) is 0 Å². The SMILES string of the molecule is CCc1ncc(CN[C@H](C)c2ccccc2Br)s1. The Kier molecular flexibility index (Phi) is 4.92. The van der Waals surface area contributed by atoms with E-state index >= 15 is 0 Å². The molecule has 0 bridgehead atoms. The average Bonchev–Trinajstić information content (AvgIpc) is 2.84. The van der Waals surface area contributed by atoms with E-state index in [-0.39, 0.29) is 0 Å². The predicted octanol–water partition coefficient (Wildman–Crippen LogP) is 4.32. The molecule has 0 aliphatic carbocycles. The van der Waals surface area contributed by atoms with E-state index in [2.05, 4.69) is 58.3 Å². The van der Waals surface area contributed by atoms with Crippen LogP contribution in [0.3, 0.4) is 0 Å². The van der Waals surface area contributed by atoms with Crippen LogP contribution in [0.2, 0.25) is 0 Å². The summed E-state index contributed by atoms with van der Waals surface area (Å²) in [7, 11) is 0. The lowest BCUT2D eigenvalue weighted by Crippen LogP contribution is -2.17. The molecule has 0 unspecified atom stereocenters. The van der Waals surface area contributed by atoms with Gasteiger partial charge >= 0.3 is 0 Å². The van der Waals surface area contributed by atoms with Crippen molar-refractivity contribution in [3.05, 3.63) is 50.4 Å². The number of halogens is 1. The summed E-state index contributed by atoms with van der Waals surface area (Å²) in [5, 5.41) is 4.74. The molecular weight excluding hydrogens is 308 g/mol. The van der Waals surface area contributed by atoms with E-state index in [1.54, 1.807) is 11.3 Å². The van der Waals surface area contributed by atoms with Crippen LogP contribution < -0.4 is 5.32 Å². The van der Waals surface area contributed by atoms with Gasteiger partial charge in [0.25, 0.3) is 0 Å². The van der Waals surface area contributed by atoms with Gasteiger partial charge in [-0.05, 0) is 25.0 Å². The van der Waals surface area contributed by atoms with Crippen LogP contribution in [-0.2, 0) is 13.0 Å². The third-order valence-electron chi connectivity index (χ3n) is 2.86. The van der Waals surface area contributed by atoms with E-state index in [1.165, 1.54) is 15.4 Å². The van der Waals surface area contributed by atoms with Crippen LogP contribution in [-0.4, -0.2) is 4.98 Å². The minimum atomic E-state index is 0.327. The van der Waals surface area contributed by atoms with Gasteiger partial charge in [-0.25, -0.2) is 4.98 Å². The van der Waals surface area contributed by atoms with Gasteiger partial charge in [0.15, 0.2) is 0 Å². The molecule has 1 heterocycles. The zero-order chi connectivity index (χ0) is 13.0. The first kappa shape index (κ1) is 13.7. The largest absolute Gasteiger partial charge is 0.305 e. The number of hydrogen-bond acceptors (Lipinski definition) is 3. The lowest BCUT2D eigenvalue weighted by Gasteiger charge is -2.14. The summed E-state index contributed by atoms with van der Waals surface area (Å²) in [6.45, 7) is 5.20. The molecule has 0 radical (unpaired) electrons. The fourth-order valence-electron chi connectivity index (χ4n) is 1.78. The molecule has 0 amide bonds. The van der Waals surface area contributed by atoms with Gasteiger partial charge in [0.2, 0.25) is 0 Å². The first-order valence-electron chi connectivity index (χ1n) is 6.12. The zero-order valence-corrected chi connectivity index (χ0v) is 13.0. The maximum absolute atomic E-state index is 4.37. The Morgan fingerprint density at radius 1 is 1.39 bits per heavy atom. The molecule has 2 aromatic rings. The van der Waals surface area contributed by atoms with Crippen molar-refractivity contribution in [2.75, 3.05) is 0 Å².